The highest BCUT2D eigenvalue weighted by Gasteiger charge is 2.48. The van der Waals surface area contributed by atoms with Crippen molar-refractivity contribution in [1.82, 2.24) is 0 Å². The third-order valence-electron chi connectivity index (χ3n) is 3.18. The van der Waals surface area contributed by atoms with Gasteiger partial charge in [0.15, 0.2) is 5.78 Å². The van der Waals surface area contributed by atoms with Crippen molar-refractivity contribution in [2.75, 3.05) is 0 Å². The van der Waals surface area contributed by atoms with Crippen LogP contribution in [0.3, 0.4) is 0 Å². The summed E-state index contributed by atoms with van der Waals surface area (Å²) in [4.78, 5) is 34.8. The van der Waals surface area contributed by atoms with Gasteiger partial charge in [-0.15, -0.1) is 0 Å². The molecule has 0 spiro atoms. The number of hydrogen-bond acceptors (Lipinski definition) is 5. The summed E-state index contributed by atoms with van der Waals surface area (Å²) in [6, 6.07) is 8.48. The molecule has 1 aromatic rings. The van der Waals surface area contributed by atoms with Gasteiger partial charge in [-0.25, -0.2) is 4.79 Å². The van der Waals surface area contributed by atoms with E-state index in [0.717, 1.165) is 0 Å². The summed E-state index contributed by atoms with van der Waals surface area (Å²) >= 11 is 0. The van der Waals surface area contributed by atoms with Gasteiger partial charge in [-0.1, -0.05) is 30.3 Å². The molecule has 6 nitrogen and oxygen atoms in total. The predicted molar refractivity (Wildman–Crippen MR) is 81.3 cm³/mol. The zero-order valence-corrected chi connectivity index (χ0v) is 13.3. The number of hydrogen-bond donors (Lipinski definition) is 0. The fourth-order valence-corrected chi connectivity index (χ4v) is 1.78. The van der Waals surface area contributed by atoms with Gasteiger partial charge in [-0.3, -0.25) is 14.9 Å². The summed E-state index contributed by atoms with van der Waals surface area (Å²) in [7, 11) is 0. The standard InChI is InChI=1S/C16H21NO5/c1-15(2,3)22-14(19)16(4,17(20)21)11-10-13(18)12-8-6-5-7-9-12/h5-9H,10-11H2,1-4H3. The van der Waals surface area contributed by atoms with Crippen molar-refractivity contribution < 1.29 is 19.2 Å². The average molecular weight is 307 g/mol. The smallest absolute Gasteiger partial charge is 0.385 e. The van der Waals surface area contributed by atoms with Crippen LogP contribution in [0.25, 0.3) is 0 Å². The first-order valence-electron chi connectivity index (χ1n) is 7.02. The molecule has 22 heavy (non-hydrogen) atoms. The second-order valence-electron chi connectivity index (χ2n) is 6.32. The molecule has 0 amide bonds. The minimum atomic E-state index is -1.93. The molecular weight excluding hydrogens is 286 g/mol. The number of Topliss-reactive ketones (excluding diaryl/α,β-unsaturated/α-hetero) is 1. The molecule has 1 unspecified atom stereocenters. The zero-order chi connectivity index (χ0) is 17.0. The number of nitrogens with zero attached hydrogens (tertiary/aromatic N) is 1. The number of ketones is 1. The number of esters is 1. The number of rotatable bonds is 6. The third-order valence-corrected chi connectivity index (χ3v) is 3.18. The fourth-order valence-electron chi connectivity index (χ4n) is 1.78. The van der Waals surface area contributed by atoms with Crippen molar-refractivity contribution >= 4 is 11.8 Å². The van der Waals surface area contributed by atoms with E-state index in [0.29, 0.717) is 5.56 Å². The van der Waals surface area contributed by atoms with Crippen LogP contribution in [0, 0.1) is 10.1 Å². The summed E-state index contributed by atoms with van der Waals surface area (Å²) in [6.07, 6.45) is -0.302. The van der Waals surface area contributed by atoms with Crippen LogP contribution in [-0.4, -0.2) is 27.8 Å². The number of carbonyl (C=O) groups excluding carboxylic acids is 2. The van der Waals surface area contributed by atoms with Gasteiger partial charge in [0.1, 0.15) is 5.60 Å². The van der Waals surface area contributed by atoms with Gasteiger partial charge in [-0.2, -0.15) is 0 Å². The number of benzene rings is 1. The molecule has 0 saturated heterocycles. The maximum atomic E-state index is 12.1. The second-order valence-corrected chi connectivity index (χ2v) is 6.32. The molecular formula is C16H21NO5. The lowest BCUT2D eigenvalue weighted by molar-refractivity contribution is -0.552. The molecule has 0 aliphatic carbocycles. The van der Waals surface area contributed by atoms with Gasteiger partial charge in [0, 0.05) is 30.3 Å². The molecule has 1 aromatic carbocycles. The van der Waals surface area contributed by atoms with Crippen molar-refractivity contribution in [1.29, 1.82) is 0 Å². The summed E-state index contributed by atoms with van der Waals surface area (Å²) in [6.45, 7) is 6.11. The lowest BCUT2D eigenvalue weighted by atomic mass is 9.93. The molecule has 0 bridgehead atoms. The van der Waals surface area contributed by atoms with Gasteiger partial charge >= 0.3 is 11.5 Å². The maximum absolute atomic E-state index is 12.1. The van der Waals surface area contributed by atoms with Crippen LogP contribution in [0.1, 0.15) is 50.9 Å². The first kappa shape index (κ1) is 17.8. The molecule has 0 fully saturated rings. The Balaban J connectivity index is 2.82. The van der Waals surface area contributed by atoms with Crippen molar-refractivity contribution in [2.45, 2.75) is 51.7 Å². The van der Waals surface area contributed by atoms with Crippen LogP contribution in [0.2, 0.25) is 0 Å². The Bertz CT molecular complexity index is 562. The van der Waals surface area contributed by atoms with Crippen LogP contribution in [0.4, 0.5) is 0 Å². The lowest BCUT2D eigenvalue weighted by Gasteiger charge is -2.25. The second kappa shape index (κ2) is 6.68. The lowest BCUT2D eigenvalue weighted by Crippen LogP contribution is -2.47. The van der Waals surface area contributed by atoms with E-state index in [2.05, 4.69) is 0 Å². The zero-order valence-electron chi connectivity index (χ0n) is 13.3. The van der Waals surface area contributed by atoms with Gasteiger partial charge in [-0.05, 0) is 20.8 Å². The number of nitro groups is 1. The average Bonchev–Trinajstić information content (AvgIpc) is 2.43. The largest absolute Gasteiger partial charge is 0.455 e. The first-order valence-corrected chi connectivity index (χ1v) is 7.02. The van der Waals surface area contributed by atoms with Crippen molar-refractivity contribution in [3.8, 4) is 0 Å². The van der Waals surface area contributed by atoms with Crippen molar-refractivity contribution in [3.63, 3.8) is 0 Å². The maximum Gasteiger partial charge on any atom is 0.385 e. The molecule has 120 valence electrons. The first-order chi connectivity index (χ1) is 10.1. The molecule has 0 aromatic heterocycles. The van der Waals surface area contributed by atoms with Gasteiger partial charge in [0.05, 0.1) is 0 Å². The van der Waals surface area contributed by atoms with E-state index in [9.17, 15) is 19.7 Å². The number of carbonyl (C=O) groups is 2. The van der Waals surface area contributed by atoms with E-state index in [4.69, 9.17) is 4.74 Å². The molecule has 0 saturated carbocycles. The SMILES string of the molecule is CC(C)(C)OC(=O)C(C)(CCC(=O)c1ccccc1)[N+](=O)[O-]. The molecule has 0 heterocycles. The van der Waals surface area contributed by atoms with E-state index in [1.165, 1.54) is 6.92 Å². The third kappa shape index (κ3) is 4.65. The van der Waals surface area contributed by atoms with Gasteiger partial charge in [0.2, 0.25) is 0 Å². The monoisotopic (exact) mass is 307 g/mol. The Morgan fingerprint density at radius 1 is 1.14 bits per heavy atom. The number of ether oxygens (including phenoxy) is 1. The molecule has 6 heteroatoms. The molecule has 0 N–H and O–H groups in total. The Morgan fingerprint density at radius 2 is 1.68 bits per heavy atom. The summed E-state index contributed by atoms with van der Waals surface area (Å²) in [5.41, 5.74) is -2.28. The summed E-state index contributed by atoms with van der Waals surface area (Å²) < 4.78 is 5.11. The summed E-state index contributed by atoms with van der Waals surface area (Å²) in [5.74, 6) is -1.16. The minimum absolute atomic E-state index is 0.0965. The van der Waals surface area contributed by atoms with Crippen LogP contribution in [0.15, 0.2) is 30.3 Å². The Hall–Kier alpha value is -2.24. The minimum Gasteiger partial charge on any atom is -0.455 e. The predicted octanol–water partition coefficient (Wildman–Crippen LogP) is 3.03. The van der Waals surface area contributed by atoms with Crippen molar-refractivity contribution in [3.05, 3.63) is 46.0 Å². The van der Waals surface area contributed by atoms with Crippen LogP contribution in [0.5, 0.6) is 0 Å². The molecule has 0 aliphatic rings. The van der Waals surface area contributed by atoms with E-state index < -0.39 is 22.0 Å². The Labute approximate surface area is 129 Å². The van der Waals surface area contributed by atoms with E-state index in [-0.39, 0.29) is 18.6 Å². The normalized spacial score (nSPS) is 14.0. The highest BCUT2D eigenvalue weighted by molar-refractivity contribution is 5.96. The molecule has 1 rings (SSSR count). The van der Waals surface area contributed by atoms with E-state index in [1.807, 2.05) is 0 Å². The summed E-state index contributed by atoms with van der Waals surface area (Å²) in [5, 5.41) is 11.3. The van der Waals surface area contributed by atoms with Gasteiger partial charge in [0.25, 0.3) is 0 Å². The molecule has 1 atom stereocenters. The Morgan fingerprint density at radius 3 is 2.14 bits per heavy atom. The van der Waals surface area contributed by atoms with Crippen LogP contribution >= 0.6 is 0 Å². The topological polar surface area (TPSA) is 86.5 Å². The molecule has 0 radical (unpaired) electrons. The Kier molecular flexibility index (Phi) is 5.41. The highest BCUT2D eigenvalue weighted by Crippen LogP contribution is 2.23. The van der Waals surface area contributed by atoms with E-state index >= 15 is 0 Å². The highest BCUT2D eigenvalue weighted by atomic mass is 16.6. The van der Waals surface area contributed by atoms with E-state index in [1.54, 1.807) is 51.1 Å². The van der Waals surface area contributed by atoms with Gasteiger partial charge < -0.3 is 4.74 Å². The van der Waals surface area contributed by atoms with Crippen LogP contribution in [-0.2, 0) is 9.53 Å². The molecule has 0 aliphatic heterocycles. The van der Waals surface area contributed by atoms with Crippen LogP contribution < -0.4 is 0 Å². The fraction of sp³-hybridized carbons (Fsp3) is 0.500. The van der Waals surface area contributed by atoms with Crippen molar-refractivity contribution in [2.24, 2.45) is 0 Å². The quantitative estimate of drug-likeness (QED) is 0.349.